The van der Waals surface area contributed by atoms with Gasteiger partial charge in [-0.05, 0) is 12.8 Å². The third kappa shape index (κ3) is 2.52. The third-order valence-corrected chi connectivity index (χ3v) is 3.30. The van der Waals surface area contributed by atoms with Crippen molar-refractivity contribution in [2.24, 2.45) is 5.14 Å². The summed E-state index contributed by atoms with van der Waals surface area (Å²) in [5.74, 6) is 0. The van der Waals surface area contributed by atoms with Crippen LogP contribution in [0.4, 0.5) is 4.39 Å². The zero-order valence-electron chi connectivity index (χ0n) is 6.46. The van der Waals surface area contributed by atoms with Crippen LogP contribution in [-0.2, 0) is 11.0 Å². The SMILES string of the molecule is NS(=O)C1CCCCCC1F. The van der Waals surface area contributed by atoms with Crippen molar-refractivity contribution in [1.82, 2.24) is 0 Å². The Morgan fingerprint density at radius 2 is 1.91 bits per heavy atom. The van der Waals surface area contributed by atoms with Crippen LogP contribution < -0.4 is 5.14 Å². The maximum absolute atomic E-state index is 13.1. The molecule has 66 valence electrons. The molecular formula is C7H14FNOS. The second kappa shape index (κ2) is 4.16. The minimum Gasteiger partial charge on any atom is -0.251 e. The largest absolute Gasteiger partial charge is 0.251 e. The second-order valence-electron chi connectivity index (χ2n) is 3.02. The molecular weight excluding hydrogens is 165 g/mol. The summed E-state index contributed by atoms with van der Waals surface area (Å²) in [6.45, 7) is 0. The van der Waals surface area contributed by atoms with Gasteiger partial charge in [0, 0.05) is 0 Å². The molecule has 2 N–H and O–H groups in total. The predicted octanol–water partition coefficient (Wildman–Crippen LogP) is 1.28. The Labute approximate surface area is 68.9 Å². The number of halogens is 1. The van der Waals surface area contributed by atoms with Crippen molar-refractivity contribution < 1.29 is 8.60 Å². The fourth-order valence-corrected chi connectivity index (χ4v) is 2.32. The molecule has 3 unspecified atom stereocenters. The zero-order valence-corrected chi connectivity index (χ0v) is 7.28. The number of alkyl halides is 1. The van der Waals surface area contributed by atoms with E-state index in [9.17, 15) is 8.60 Å². The molecule has 1 fully saturated rings. The number of nitrogens with two attached hydrogens (primary N) is 1. The molecule has 0 bridgehead atoms. The van der Waals surface area contributed by atoms with Gasteiger partial charge in [-0.15, -0.1) is 0 Å². The molecule has 1 rings (SSSR count). The van der Waals surface area contributed by atoms with Crippen LogP contribution in [0.5, 0.6) is 0 Å². The Morgan fingerprint density at radius 3 is 2.55 bits per heavy atom. The molecule has 11 heavy (non-hydrogen) atoms. The highest BCUT2D eigenvalue weighted by atomic mass is 32.2. The Hall–Kier alpha value is 0.0400. The molecule has 1 aliphatic rings. The summed E-state index contributed by atoms with van der Waals surface area (Å²) >= 11 is 0. The first-order valence-electron chi connectivity index (χ1n) is 4.01. The standard InChI is InChI=1S/C7H14FNOS/c8-6-4-2-1-3-5-7(6)11(9)10/h6-7H,1-5,9H2. The lowest BCUT2D eigenvalue weighted by atomic mass is 10.2. The highest BCUT2D eigenvalue weighted by molar-refractivity contribution is 7.83. The maximum Gasteiger partial charge on any atom is 0.116 e. The molecule has 0 spiro atoms. The van der Waals surface area contributed by atoms with E-state index in [1.165, 1.54) is 0 Å². The van der Waals surface area contributed by atoms with Crippen LogP contribution in [0.25, 0.3) is 0 Å². The lowest BCUT2D eigenvalue weighted by molar-refractivity contribution is 0.305. The van der Waals surface area contributed by atoms with Crippen LogP contribution in [-0.4, -0.2) is 15.6 Å². The van der Waals surface area contributed by atoms with E-state index in [4.69, 9.17) is 5.14 Å². The Bertz CT molecular complexity index is 153. The summed E-state index contributed by atoms with van der Waals surface area (Å²) in [5.41, 5.74) is 0. The minimum atomic E-state index is -1.47. The minimum absolute atomic E-state index is 0.405. The number of rotatable bonds is 1. The van der Waals surface area contributed by atoms with Crippen LogP contribution in [0.2, 0.25) is 0 Å². The van der Waals surface area contributed by atoms with Crippen molar-refractivity contribution in [2.75, 3.05) is 0 Å². The molecule has 0 aliphatic heterocycles. The van der Waals surface area contributed by atoms with Gasteiger partial charge in [-0.3, -0.25) is 5.14 Å². The van der Waals surface area contributed by atoms with E-state index >= 15 is 0 Å². The Balaban J connectivity index is 2.52. The molecule has 0 aromatic rings. The van der Waals surface area contributed by atoms with Gasteiger partial charge in [0.15, 0.2) is 0 Å². The van der Waals surface area contributed by atoms with E-state index in [-0.39, 0.29) is 0 Å². The molecule has 3 atom stereocenters. The van der Waals surface area contributed by atoms with Gasteiger partial charge < -0.3 is 0 Å². The monoisotopic (exact) mass is 179 g/mol. The maximum atomic E-state index is 13.1. The summed E-state index contributed by atoms with van der Waals surface area (Å²) in [6, 6.07) is 0. The number of hydrogen-bond acceptors (Lipinski definition) is 1. The van der Waals surface area contributed by atoms with Gasteiger partial charge >= 0.3 is 0 Å². The molecule has 0 radical (unpaired) electrons. The van der Waals surface area contributed by atoms with Gasteiger partial charge in [0.05, 0.1) is 16.2 Å². The molecule has 4 heteroatoms. The number of hydrogen-bond donors (Lipinski definition) is 1. The van der Waals surface area contributed by atoms with Crippen molar-refractivity contribution in [3.8, 4) is 0 Å². The van der Waals surface area contributed by atoms with Crippen molar-refractivity contribution in [3.63, 3.8) is 0 Å². The van der Waals surface area contributed by atoms with E-state index in [0.29, 0.717) is 12.8 Å². The van der Waals surface area contributed by atoms with E-state index in [2.05, 4.69) is 0 Å². The van der Waals surface area contributed by atoms with E-state index in [0.717, 1.165) is 19.3 Å². The molecule has 0 aromatic carbocycles. The first kappa shape index (κ1) is 9.13. The average Bonchev–Trinajstić information content (AvgIpc) is 2.13. The van der Waals surface area contributed by atoms with Crippen LogP contribution in [0, 0.1) is 0 Å². The van der Waals surface area contributed by atoms with Gasteiger partial charge in [0.1, 0.15) is 6.17 Å². The summed E-state index contributed by atoms with van der Waals surface area (Å²) in [4.78, 5) is 0. The quantitative estimate of drug-likeness (QED) is 0.605. The average molecular weight is 179 g/mol. The van der Waals surface area contributed by atoms with Crippen molar-refractivity contribution >= 4 is 11.0 Å². The van der Waals surface area contributed by atoms with Gasteiger partial charge in [-0.1, -0.05) is 19.3 Å². The molecule has 0 aromatic heterocycles. The normalized spacial score (nSPS) is 36.2. The Morgan fingerprint density at radius 1 is 1.27 bits per heavy atom. The summed E-state index contributed by atoms with van der Waals surface area (Å²) in [5, 5.41) is 4.75. The lowest BCUT2D eigenvalue weighted by Gasteiger charge is -2.13. The van der Waals surface area contributed by atoms with Crippen molar-refractivity contribution in [3.05, 3.63) is 0 Å². The van der Waals surface area contributed by atoms with Gasteiger partial charge in [0.2, 0.25) is 0 Å². The second-order valence-corrected chi connectivity index (χ2v) is 4.28. The highest BCUT2D eigenvalue weighted by Gasteiger charge is 2.26. The first-order valence-corrected chi connectivity index (χ1v) is 5.28. The van der Waals surface area contributed by atoms with Crippen LogP contribution in [0.1, 0.15) is 32.1 Å². The van der Waals surface area contributed by atoms with Crippen molar-refractivity contribution in [2.45, 2.75) is 43.5 Å². The van der Waals surface area contributed by atoms with E-state index < -0.39 is 22.4 Å². The topological polar surface area (TPSA) is 43.1 Å². The third-order valence-electron chi connectivity index (χ3n) is 2.17. The van der Waals surface area contributed by atoms with Crippen LogP contribution >= 0.6 is 0 Å². The molecule has 0 amide bonds. The predicted molar refractivity (Wildman–Crippen MR) is 44.1 cm³/mol. The zero-order chi connectivity index (χ0) is 8.27. The Kier molecular flexibility index (Phi) is 3.45. The van der Waals surface area contributed by atoms with Gasteiger partial charge in [-0.25, -0.2) is 8.60 Å². The molecule has 0 heterocycles. The molecule has 0 saturated heterocycles. The first-order chi connectivity index (χ1) is 5.22. The fraction of sp³-hybridized carbons (Fsp3) is 1.00. The summed E-state index contributed by atoms with van der Waals surface area (Å²) < 4.78 is 23.9. The summed E-state index contributed by atoms with van der Waals surface area (Å²) in [6.07, 6.45) is 3.21. The van der Waals surface area contributed by atoms with E-state index in [1.807, 2.05) is 0 Å². The molecule has 1 saturated carbocycles. The van der Waals surface area contributed by atoms with Gasteiger partial charge in [0.25, 0.3) is 0 Å². The lowest BCUT2D eigenvalue weighted by Crippen LogP contribution is -2.30. The van der Waals surface area contributed by atoms with Gasteiger partial charge in [-0.2, -0.15) is 0 Å². The fourth-order valence-electron chi connectivity index (χ4n) is 1.49. The van der Waals surface area contributed by atoms with Crippen LogP contribution in [0.15, 0.2) is 0 Å². The smallest absolute Gasteiger partial charge is 0.116 e. The summed E-state index contributed by atoms with van der Waals surface area (Å²) in [7, 11) is -1.47. The highest BCUT2D eigenvalue weighted by Crippen LogP contribution is 2.22. The van der Waals surface area contributed by atoms with E-state index in [1.54, 1.807) is 0 Å². The van der Waals surface area contributed by atoms with Crippen molar-refractivity contribution in [1.29, 1.82) is 0 Å². The molecule has 1 aliphatic carbocycles. The molecule has 2 nitrogen and oxygen atoms in total. The van der Waals surface area contributed by atoms with Crippen LogP contribution in [0.3, 0.4) is 0 Å².